The standard InChI is InChI=1S/C19H19N3O/c1-19(23)11-12-22(13-19)18-15-9-5-6-10-16(15)20-17(21-18)14-7-3-2-4-8-14/h2-10,23H,11-13H2,1H3. The maximum Gasteiger partial charge on any atom is 0.162 e. The lowest BCUT2D eigenvalue weighted by atomic mass is 10.1. The maximum atomic E-state index is 10.3. The summed E-state index contributed by atoms with van der Waals surface area (Å²) in [6, 6.07) is 18.1. The summed E-state index contributed by atoms with van der Waals surface area (Å²) < 4.78 is 0. The largest absolute Gasteiger partial charge is 0.388 e. The highest BCUT2D eigenvalue weighted by molar-refractivity contribution is 5.91. The van der Waals surface area contributed by atoms with Crippen molar-refractivity contribution >= 4 is 16.7 Å². The smallest absolute Gasteiger partial charge is 0.162 e. The number of β-amino-alcohol motifs (C(OH)–C–C–N with tert-alkyl or cyclic N) is 1. The Morgan fingerprint density at radius 1 is 1.00 bits per heavy atom. The van der Waals surface area contributed by atoms with Crippen LogP contribution in [0.25, 0.3) is 22.3 Å². The Morgan fingerprint density at radius 3 is 2.48 bits per heavy atom. The van der Waals surface area contributed by atoms with Crippen molar-refractivity contribution < 1.29 is 5.11 Å². The van der Waals surface area contributed by atoms with Crippen molar-refractivity contribution in [1.82, 2.24) is 9.97 Å². The fraction of sp³-hybridized carbons (Fsp3) is 0.263. The predicted octanol–water partition coefficient (Wildman–Crippen LogP) is 3.26. The van der Waals surface area contributed by atoms with E-state index in [1.54, 1.807) is 0 Å². The van der Waals surface area contributed by atoms with Gasteiger partial charge in [0.15, 0.2) is 5.82 Å². The molecule has 4 rings (SSSR count). The molecule has 23 heavy (non-hydrogen) atoms. The normalized spacial score (nSPS) is 21.0. The number of aliphatic hydroxyl groups is 1. The van der Waals surface area contributed by atoms with Crippen molar-refractivity contribution in [3.8, 4) is 11.4 Å². The van der Waals surface area contributed by atoms with Gasteiger partial charge in [-0.05, 0) is 25.5 Å². The highest BCUT2D eigenvalue weighted by Gasteiger charge is 2.33. The number of anilines is 1. The van der Waals surface area contributed by atoms with Gasteiger partial charge >= 0.3 is 0 Å². The second-order valence-corrected chi connectivity index (χ2v) is 6.42. The Balaban J connectivity index is 1.88. The van der Waals surface area contributed by atoms with E-state index < -0.39 is 5.60 Å². The molecule has 0 bridgehead atoms. The van der Waals surface area contributed by atoms with Gasteiger partial charge in [-0.15, -0.1) is 0 Å². The van der Waals surface area contributed by atoms with E-state index >= 15 is 0 Å². The average Bonchev–Trinajstić information content (AvgIpc) is 2.94. The van der Waals surface area contributed by atoms with Gasteiger partial charge in [0.2, 0.25) is 0 Å². The van der Waals surface area contributed by atoms with Crippen molar-refractivity contribution in [1.29, 1.82) is 0 Å². The molecule has 2 aromatic carbocycles. The van der Waals surface area contributed by atoms with E-state index in [4.69, 9.17) is 9.97 Å². The molecule has 0 saturated carbocycles. The van der Waals surface area contributed by atoms with Gasteiger partial charge in [0.25, 0.3) is 0 Å². The van der Waals surface area contributed by atoms with Crippen LogP contribution in [0.15, 0.2) is 54.6 Å². The Hall–Kier alpha value is -2.46. The van der Waals surface area contributed by atoms with Gasteiger partial charge in [-0.1, -0.05) is 42.5 Å². The fourth-order valence-corrected chi connectivity index (χ4v) is 3.14. The van der Waals surface area contributed by atoms with Crippen LogP contribution in [0.4, 0.5) is 5.82 Å². The van der Waals surface area contributed by atoms with Gasteiger partial charge in [0.1, 0.15) is 5.82 Å². The van der Waals surface area contributed by atoms with Gasteiger partial charge in [-0.2, -0.15) is 0 Å². The van der Waals surface area contributed by atoms with Crippen LogP contribution in [0, 0.1) is 0 Å². The number of hydrogen-bond acceptors (Lipinski definition) is 4. The van der Waals surface area contributed by atoms with Gasteiger partial charge in [0.05, 0.1) is 11.1 Å². The molecule has 3 aromatic rings. The summed E-state index contributed by atoms with van der Waals surface area (Å²) >= 11 is 0. The third-order valence-corrected chi connectivity index (χ3v) is 4.37. The molecular formula is C19H19N3O. The quantitative estimate of drug-likeness (QED) is 0.789. The van der Waals surface area contributed by atoms with Crippen LogP contribution in [0.3, 0.4) is 0 Å². The fourth-order valence-electron chi connectivity index (χ4n) is 3.14. The zero-order chi connectivity index (χ0) is 15.9. The number of aromatic nitrogens is 2. The lowest BCUT2D eigenvalue weighted by Crippen LogP contribution is -2.30. The van der Waals surface area contributed by atoms with Crippen molar-refractivity contribution in [3.05, 3.63) is 54.6 Å². The minimum atomic E-state index is -0.654. The Kier molecular flexibility index (Phi) is 3.27. The average molecular weight is 305 g/mol. The molecule has 1 atom stereocenters. The predicted molar refractivity (Wildman–Crippen MR) is 92.4 cm³/mol. The van der Waals surface area contributed by atoms with Crippen LogP contribution < -0.4 is 4.90 Å². The molecule has 4 nitrogen and oxygen atoms in total. The molecule has 1 saturated heterocycles. The van der Waals surface area contributed by atoms with Crippen molar-refractivity contribution in [2.24, 2.45) is 0 Å². The lowest BCUT2D eigenvalue weighted by molar-refractivity contribution is 0.0839. The van der Waals surface area contributed by atoms with E-state index in [2.05, 4.69) is 4.90 Å². The van der Waals surface area contributed by atoms with Crippen LogP contribution in [-0.4, -0.2) is 33.8 Å². The summed E-state index contributed by atoms with van der Waals surface area (Å²) in [5.41, 5.74) is 1.28. The number of rotatable bonds is 2. The molecule has 1 aliphatic rings. The molecule has 0 radical (unpaired) electrons. The molecule has 1 aromatic heterocycles. The number of fused-ring (bicyclic) bond motifs is 1. The van der Waals surface area contributed by atoms with E-state index in [9.17, 15) is 5.11 Å². The molecule has 2 heterocycles. The summed E-state index contributed by atoms with van der Waals surface area (Å²) in [6.45, 7) is 3.29. The van der Waals surface area contributed by atoms with E-state index in [-0.39, 0.29) is 0 Å². The van der Waals surface area contributed by atoms with Gasteiger partial charge < -0.3 is 10.0 Å². The zero-order valence-electron chi connectivity index (χ0n) is 13.1. The second-order valence-electron chi connectivity index (χ2n) is 6.42. The van der Waals surface area contributed by atoms with Crippen LogP contribution in [0.2, 0.25) is 0 Å². The molecule has 1 aliphatic heterocycles. The first-order valence-electron chi connectivity index (χ1n) is 7.92. The van der Waals surface area contributed by atoms with Crippen molar-refractivity contribution in [2.75, 3.05) is 18.0 Å². The van der Waals surface area contributed by atoms with E-state index in [0.717, 1.165) is 41.1 Å². The molecular weight excluding hydrogens is 286 g/mol. The zero-order valence-corrected chi connectivity index (χ0v) is 13.1. The van der Waals surface area contributed by atoms with Crippen LogP contribution >= 0.6 is 0 Å². The maximum absolute atomic E-state index is 10.3. The molecule has 1 unspecified atom stereocenters. The first kappa shape index (κ1) is 14.2. The Bertz CT molecular complexity index is 846. The monoisotopic (exact) mass is 305 g/mol. The van der Waals surface area contributed by atoms with Gasteiger partial charge in [0, 0.05) is 24.0 Å². The summed E-state index contributed by atoms with van der Waals surface area (Å²) in [7, 11) is 0. The first-order valence-corrected chi connectivity index (χ1v) is 7.92. The van der Waals surface area contributed by atoms with E-state index in [0.29, 0.717) is 6.54 Å². The lowest BCUT2D eigenvalue weighted by Gasteiger charge is -2.21. The van der Waals surface area contributed by atoms with E-state index in [1.807, 2.05) is 61.5 Å². The van der Waals surface area contributed by atoms with Crippen LogP contribution in [0.1, 0.15) is 13.3 Å². The number of para-hydroxylation sites is 1. The SMILES string of the molecule is CC1(O)CCN(c2nc(-c3ccccc3)nc3ccccc23)C1. The third kappa shape index (κ3) is 2.66. The molecule has 116 valence electrons. The van der Waals surface area contributed by atoms with Crippen molar-refractivity contribution in [2.45, 2.75) is 18.9 Å². The van der Waals surface area contributed by atoms with E-state index in [1.165, 1.54) is 0 Å². The Labute approximate surface area is 135 Å². The number of hydrogen-bond donors (Lipinski definition) is 1. The highest BCUT2D eigenvalue weighted by atomic mass is 16.3. The van der Waals surface area contributed by atoms with Crippen molar-refractivity contribution in [3.63, 3.8) is 0 Å². The Morgan fingerprint density at radius 2 is 1.74 bits per heavy atom. The molecule has 1 fully saturated rings. The number of benzene rings is 2. The summed E-state index contributed by atoms with van der Waals surface area (Å²) in [4.78, 5) is 11.7. The summed E-state index contributed by atoms with van der Waals surface area (Å²) in [5.74, 6) is 1.64. The highest BCUT2D eigenvalue weighted by Crippen LogP contribution is 2.32. The molecule has 4 heteroatoms. The summed E-state index contributed by atoms with van der Waals surface area (Å²) in [6.07, 6.45) is 0.756. The van der Waals surface area contributed by atoms with Gasteiger partial charge in [-0.3, -0.25) is 0 Å². The van der Waals surface area contributed by atoms with Crippen LogP contribution in [-0.2, 0) is 0 Å². The molecule has 1 N–H and O–H groups in total. The minimum Gasteiger partial charge on any atom is -0.388 e. The third-order valence-electron chi connectivity index (χ3n) is 4.37. The second kappa shape index (κ2) is 5.32. The van der Waals surface area contributed by atoms with Gasteiger partial charge in [-0.25, -0.2) is 9.97 Å². The van der Waals surface area contributed by atoms with Crippen LogP contribution in [0.5, 0.6) is 0 Å². The molecule has 0 amide bonds. The topological polar surface area (TPSA) is 49.2 Å². The number of nitrogens with zero attached hydrogens (tertiary/aromatic N) is 3. The molecule has 0 spiro atoms. The summed E-state index contributed by atoms with van der Waals surface area (Å²) in [5, 5.41) is 11.3. The minimum absolute atomic E-state index is 0.599. The first-order chi connectivity index (χ1) is 11.1. The molecule has 0 aliphatic carbocycles.